The van der Waals surface area contributed by atoms with E-state index in [1.807, 2.05) is 0 Å². The first-order valence-corrected chi connectivity index (χ1v) is 5.46. The van der Waals surface area contributed by atoms with Crippen LogP contribution in [0.3, 0.4) is 0 Å². The summed E-state index contributed by atoms with van der Waals surface area (Å²) in [7, 11) is 0. The zero-order chi connectivity index (χ0) is 11.4. The third kappa shape index (κ3) is 2.92. The van der Waals surface area contributed by atoms with Crippen LogP contribution in [0.5, 0.6) is 5.75 Å². The van der Waals surface area contributed by atoms with Crippen LogP contribution in [-0.2, 0) is 0 Å². The molecule has 0 radical (unpaired) electrons. The third-order valence-electron chi connectivity index (χ3n) is 1.79. The van der Waals surface area contributed by atoms with Gasteiger partial charge in [-0.1, -0.05) is 6.07 Å². The molecule has 0 aliphatic rings. The number of hydrogen-bond donors (Lipinski definition) is 0. The summed E-state index contributed by atoms with van der Waals surface area (Å²) in [5.41, 5.74) is 0.282. The van der Waals surface area contributed by atoms with E-state index >= 15 is 0 Å². The maximum absolute atomic E-state index is 12.1. The molecule has 0 spiro atoms. The van der Waals surface area contributed by atoms with Crippen LogP contribution in [-0.4, -0.2) is 18.0 Å². The number of carbonyl (C=O) groups excluding carboxylic acids is 1. The average Bonchev–Trinajstić information content (AvgIpc) is 2.20. The average molecular weight is 296 g/mol. The Morgan fingerprint density at radius 1 is 1.67 bits per heavy atom. The zero-order valence-electron chi connectivity index (χ0n) is 7.97. The van der Waals surface area contributed by atoms with Gasteiger partial charge in [-0.05, 0) is 35.0 Å². The summed E-state index contributed by atoms with van der Waals surface area (Å²) in [6.07, 6.45) is 0. The Balaban J connectivity index is 3.16. The van der Waals surface area contributed by atoms with Crippen molar-refractivity contribution in [2.75, 3.05) is 6.86 Å². The van der Waals surface area contributed by atoms with Gasteiger partial charge in [0, 0.05) is 0 Å². The van der Waals surface area contributed by atoms with Crippen molar-refractivity contribution in [2.45, 2.75) is 12.3 Å². The minimum atomic E-state index is -0.987. The maximum Gasteiger partial charge on any atom is 0.228 e. The molecule has 15 heavy (non-hydrogen) atoms. The van der Waals surface area contributed by atoms with Crippen molar-refractivity contribution < 1.29 is 13.9 Å². The number of hydrogen-bond acceptors (Lipinski definition) is 2. The number of alkyl halides is 2. The van der Waals surface area contributed by atoms with Crippen molar-refractivity contribution in [3.63, 3.8) is 0 Å². The summed E-state index contributed by atoms with van der Waals surface area (Å²) in [6.45, 7) is 0.573. The number of halogens is 3. The molecule has 0 N–H and O–H groups in total. The summed E-state index contributed by atoms with van der Waals surface area (Å²) in [5.74, 6) is -0.0982. The van der Waals surface area contributed by atoms with Crippen LogP contribution in [0.25, 0.3) is 0 Å². The molecular weight excluding hydrogens is 286 g/mol. The minimum Gasteiger partial charge on any atom is -0.461 e. The summed E-state index contributed by atoms with van der Waals surface area (Å²) >= 11 is 8.85. The number of Topliss-reactive ketones (excluding diaryl/α,β-unsaturated/α-hetero) is 1. The highest BCUT2D eigenvalue weighted by molar-refractivity contribution is 9.10. The quantitative estimate of drug-likeness (QED) is 0.627. The van der Waals surface area contributed by atoms with Gasteiger partial charge in [0.1, 0.15) is 5.75 Å². The monoisotopic (exact) mass is 294 g/mol. The lowest BCUT2D eigenvalue weighted by atomic mass is 10.1. The molecule has 5 heteroatoms. The van der Waals surface area contributed by atoms with E-state index in [4.69, 9.17) is 16.3 Å². The molecule has 0 aliphatic carbocycles. The molecule has 1 aromatic carbocycles. The second-order valence-corrected chi connectivity index (χ2v) is 4.36. The van der Waals surface area contributed by atoms with E-state index in [2.05, 4.69) is 15.9 Å². The fraction of sp³-hybridized carbons (Fsp3) is 0.300. The van der Waals surface area contributed by atoms with Crippen molar-refractivity contribution in [3.05, 3.63) is 28.2 Å². The highest BCUT2D eigenvalue weighted by Crippen LogP contribution is 2.30. The molecule has 0 fully saturated rings. The van der Waals surface area contributed by atoms with Gasteiger partial charge in [-0.2, -0.15) is 0 Å². The first-order valence-electron chi connectivity index (χ1n) is 4.23. The lowest BCUT2D eigenvalue weighted by Crippen LogP contribution is -2.12. The van der Waals surface area contributed by atoms with Gasteiger partial charge < -0.3 is 4.74 Å². The van der Waals surface area contributed by atoms with Gasteiger partial charge in [0.2, 0.25) is 6.86 Å². The second kappa shape index (κ2) is 5.47. The van der Waals surface area contributed by atoms with Gasteiger partial charge in [0.25, 0.3) is 0 Å². The fourth-order valence-corrected chi connectivity index (χ4v) is 1.72. The highest BCUT2D eigenvalue weighted by Gasteiger charge is 2.19. The maximum atomic E-state index is 12.1. The van der Waals surface area contributed by atoms with E-state index in [9.17, 15) is 9.18 Å². The second-order valence-electron chi connectivity index (χ2n) is 2.85. The number of ketones is 1. The number of carbonyl (C=O) groups is 1. The molecule has 0 saturated heterocycles. The van der Waals surface area contributed by atoms with E-state index in [0.717, 1.165) is 0 Å². The van der Waals surface area contributed by atoms with E-state index in [0.29, 0.717) is 4.47 Å². The Morgan fingerprint density at radius 2 is 2.33 bits per heavy atom. The van der Waals surface area contributed by atoms with E-state index in [1.54, 1.807) is 25.1 Å². The van der Waals surface area contributed by atoms with Crippen LogP contribution in [0.15, 0.2) is 22.7 Å². The lowest BCUT2D eigenvalue weighted by molar-refractivity contribution is 0.0984. The SMILES string of the molecule is CC(Cl)C(=O)c1cccc(Br)c1OCF. The van der Waals surface area contributed by atoms with Crippen LogP contribution in [0, 0.1) is 0 Å². The zero-order valence-corrected chi connectivity index (χ0v) is 10.3. The molecule has 0 heterocycles. The van der Waals surface area contributed by atoms with E-state index in [-0.39, 0.29) is 17.1 Å². The van der Waals surface area contributed by atoms with E-state index in [1.165, 1.54) is 0 Å². The molecule has 0 aromatic heterocycles. The molecule has 1 unspecified atom stereocenters. The van der Waals surface area contributed by atoms with Crippen molar-refractivity contribution in [1.29, 1.82) is 0 Å². The predicted octanol–water partition coefficient (Wildman–Crippen LogP) is 3.56. The van der Waals surface area contributed by atoms with Crippen molar-refractivity contribution in [3.8, 4) is 5.75 Å². The van der Waals surface area contributed by atoms with Crippen molar-refractivity contribution >= 4 is 33.3 Å². The van der Waals surface area contributed by atoms with E-state index < -0.39 is 12.2 Å². The molecule has 82 valence electrons. The summed E-state index contributed by atoms with van der Waals surface area (Å²) in [4.78, 5) is 11.6. The third-order valence-corrected chi connectivity index (χ3v) is 2.62. The topological polar surface area (TPSA) is 26.3 Å². The van der Waals surface area contributed by atoms with Crippen molar-refractivity contribution in [2.24, 2.45) is 0 Å². The van der Waals surface area contributed by atoms with Crippen molar-refractivity contribution in [1.82, 2.24) is 0 Å². The normalized spacial score (nSPS) is 12.3. The molecule has 0 saturated carbocycles. The Bertz CT molecular complexity index is 368. The van der Waals surface area contributed by atoms with Gasteiger partial charge in [-0.3, -0.25) is 4.79 Å². The number of benzene rings is 1. The molecular formula is C10H9BrClFO2. The van der Waals surface area contributed by atoms with Crippen LogP contribution in [0.4, 0.5) is 4.39 Å². The number of para-hydroxylation sites is 1. The molecule has 1 atom stereocenters. The molecule has 0 amide bonds. The first kappa shape index (κ1) is 12.5. The Morgan fingerprint density at radius 3 is 2.87 bits per heavy atom. The fourth-order valence-electron chi connectivity index (χ4n) is 1.12. The lowest BCUT2D eigenvalue weighted by Gasteiger charge is -2.10. The largest absolute Gasteiger partial charge is 0.461 e. The molecule has 1 aromatic rings. The van der Waals surface area contributed by atoms with Crippen LogP contribution >= 0.6 is 27.5 Å². The van der Waals surface area contributed by atoms with Gasteiger partial charge in [0.05, 0.1) is 15.4 Å². The Labute approximate surface area is 101 Å². The van der Waals surface area contributed by atoms with Gasteiger partial charge in [-0.15, -0.1) is 11.6 Å². The van der Waals surface area contributed by atoms with Crippen LogP contribution < -0.4 is 4.74 Å². The molecule has 0 aliphatic heterocycles. The smallest absolute Gasteiger partial charge is 0.228 e. The number of ether oxygens (including phenoxy) is 1. The predicted molar refractivity (Wildman–Crippen MR) is 60.4 cm³/mol. The van der Waals surface area contributed by atoms with Gasteiger partial charge >= 0.3 is 0 Å². The Kier molecular flexibility index (Phi) is 4.54. The minimum absolute atomic E-state index is 0.192. The highest BCUT2D eigenvalue weighted by atomic mass is 79.9. The number of rotatable bonds is 4. The van der Waals surface area contributed by atoms with Gasteiger partial charge in [0.15, 0.2) is 5.78 Å². The standard InChI is InChI=1S/C10H9BrClFO2/c1-6(12)9(14)7-3-2-4-8(11)10(7)15-5-13/h2-4,6H,5H2,1H3. The molecule has 2 nitrogen and oxygen atoms in total. The summed E-state index contributed by atoms with van der Waals surface area (Å²) < 4.78 is 17.4. The Hall–Kier alpha value is -0.610. The molecule has 1 rings (SSSR count). The summed E-state index contributed by atoms with van der Waals surface area (Å²) in [6, 6.07) is 4.89. The molecule has 0 bridgehead atoms. The van der Waals surface area contributed by atoms with Crippen LogP contribution in [0.1, 0.15) is 17.3 Å². The van der Waals surface area contributed by atoms with Gasteiger partial charge in [-0.25, -0.2) is 4.39 Å². The summed E-state index contributed by atoms with van der Waals surface area (Å²) in [5, 5.41) is -0.665. The first-order chi connectivity index (χ1) is 7.07. The van der Waals surface area contributed by atoms with Crippen LogP contribution in [0.2, 0.25) is 0 Å².